The van der Waals surface area contributed by atoms with Crippen LogP contribution in [0.3, 0.4) is 0 Å². The van der Waals surface area contributed by atoms with E-state index in [1.54, 1.807) is 11.3 Å². The molecular weight excluding hydrogens is 394 g/mol. The summed E-state index contributed by atoms with van der Waals surface area (Å²) in [4.78, 5) is 19.3. The van der Waals surface area contributed by atoms with E-state index in [-0.39, 0.29) is 5.91 Å². The van der Waals surface area contributed by atoms with Crippen LogP contribution in [0, 0.1) is 6.92 Å². The first-order valence-electron chi connectivity index (χ1n) is 10.3. The smallest absolute Gasteiger partial charge is 0.226 e. The van der Waals surface area contributed by atoms with Crippen LogP contribution in [0.15, 0.2) is 53.9 Å². The van der Waals surface area contributed by atoms with Gasteiger partial charge in [-0.25, -0.2) is 4.98 Å². The van der Waals surface area contributed by atoms with E-state index in [1.165, 1.54) is 11.1 Å². The summed E-state index contributed by atoms with van der Waals surface area (Å²) in [5.74, 6) is -0.00622. The highest BCUT2D eigenvalue weighted by atomic mass is 32.1. The number of aromatic nitrogens is 1. The molecule has 0 radical (unpaired) electrons. The zero-order valence-electron chi connectivity index (χ0n) is 17.3. The number of nitrogens with one attached hydrogen (secondary N) is 1. The predicted octanol–water partition coefficient (Wildman–Crippen LogP) is 3.81. The molecule has 1 amide bonds. The second kappa shape index (κ2) is 9.98. The highest BCUT2D eigenvalue weighted by Gasteiger charge is 2.12. The van der Waals surface area contributed by atoms with Crippen molar-refractivity contribution >= 4 is 17.2 Å². The third kappa shape index (κ3) is 5.75. The van der Waals surface area contributed by atoms with Gasteiger partial charge < -0.3 is 10.1 Å². The minimum atomic E-state index is -0.00622. The molecule has 0 atom stereocenters. The van der Waals surface area contributed by atoms with Gasteiger partial charge in [0.15, 0.2) is 0 Å². The van der Waals surface area contributed by atoms with Gasteiger partial charge in [-0.1, -0.05) is 54.1 Å². The molecule has 1 aliphatic rings. The number of ether oxygens (including phenoxy) is 1. The highest BCUT2D eigenvalue weighted by Crippen LogP contribution is 2.24. The molecule has 2 heterocycles. The van der Waals surface area contributed by atoms with E-state index in [1.807, 2.05) is 17.5 Å². The Morgan fingerprint density at radius 3 is 2.50 bits per heavy atom. The topological polar surface area (TPSA) is 54.5 Å². The number of carbonyl (C=O) groups is 1. The van der Waals surface area contributed by atoms with Crippen molar-refractivity contribution in [1.82, 2.24) is 15.2 Å². The zero-order valence-corrected chi connectivity index (χ0v) is 18.1. The Kier molecular flexibility index (Phi) is 6.89. The molecule has 0 saturated carbocycles. The monoisotopic (exact) mass is 421 g/mol. The Morgan fingerprint density at radius 1 is 1.07 bits per heavy atom. The van der Waals surface area contributed by atoms with Crippen LogP contribution in [-0.4, -0.2) is 42.1 Å². The summed E-state index contributed by atoms with van der Waals surface area (Å²) in [6, 6.07) is 16.8. The molecule has 1 N–H and O–H groups in total. The molecule has 1 aromatic heterocycles. The van der Waals surface area contributed by atoms with Crippen LogP contribution in [0.1, 0.15) is 22.4 Å². The van der Waals surface area contributed by atoms with Crippen LogP contribution >= 0.6 is 11.3 Å². The molecule has 1 saturated heterocycles. The van der Waals surface area contributed by atoms with Crippen molar-refractivity contribution in [2.24, 2.45) is 0 Å². The van der Waals surface area contributed by atoms with Gasteiger partial charge in [-0.2, -0.15) is 0 Å². The number of amides is 1. The van der Waals surface area contributed by atoms with E-state index in [4.69, 9.17) is 4.74 Å². The number of nitrogens with zero attached hydrogens (tertiary/aromatic N) is 2. The number of aryl methyl sites for hydroxylation is 1. The predicted molar refractivity (Wildman–Crippen MR) is 120 cm³/mol. The van der Waals surface area contributed by atoms with E-state index >= 15 is 0 Å². The summed E-state index contributed by atoms with van der Waals surface area (Å²) in [6.07, 6.45) is 0.303. The summed E-state index contributed by atoms with van der Waals surface area (Å²) in [5.41, 5.74) is 5.53. The molecule has 1 fully saturated rings. The van der Waals surface area contributed by atoms with E-state index in [9.17, 15) is 4.79 Å². The van der Waals surface area contributed by atoms with Crippen molar-refractivity contribution in [2.75, 3.05) is 26.3 Å². The largest absolute Gasteiger partial charge is 0.379 e. The summed E-state index contributed by atoms with van der Waals surface area (Å²) >= 11 is 1.58. The first kappa shape index (κ1) is 20.7. The van der Waals surface area contributed by atoms with Crippen molar-refractivity contribution in [3.8, 4) is 10.6 Å². The van der Waals surface area contributed by atoms with Gasteiger partial charge in [-0.05, 0) is 18.1 Å². The first-order valence-corrected chi connectivity index (χ1v) is 11.2. The van der Waals surface area contributed by atoms with Crippen molar-refractivity contribution in [1.29, 1.82) is 0 Å². The van der Waals surface area contributed by atoms with Crippen LogP contribution in [0.4, 0.5) is 0 Å². The maximum Gasteiger partial charge on any atom is 0.226 e. The van der Waals surface area contributed by atoms with E-state index < -0.39 is 0 Å². The lowest BCUT2D eigenvalue weighted by atomic mass is 10.1. The second-order valence-electron chi connectivity index (χ2n) is 7.67. The number of carbonyl (C=O) groups excluding carboxylic acids is 1. The zero-order chi connectivity index (χ0) is 20.8. The number of hydrogen-bond donors (Lipinski definition) is 1. The van der Waals surface area contributed by atoms with Crippen LogP contribution < -0.4 is 5.32 Å². The molecule has 4 rings (SSSR count). The van der Waals surface area contributed by atoms with Gasteiger partial charge in [0, 0.05) is 37.1 Å². The van der Waals surface area contributed by atoms with Gasteiger partial charge in [0.25, 0.3) is 0 Å². The Labute approximate surface area is 181 Å². The third-order valence-corrected chi connectivity index (χ3v) is 6.15. The molecule has 0 bridgehead atoms. The molecule has 156 valence electrons. The quantitative estimate of drug-likeness (QED) is 0.630. The summed E-state index contributed by atoms with van der Waals surface area (Å²) in [7, 11) is 0. The van der Waals surface area contributed by atoms with Crippen LogP contribution in [0.25, 0.3) is 10.6 Å². The maximum atomic E-state index is 12.3. The molecule has 0 unspecified atom stereocenters. The average molecular weight is 422 g/mol. The van der Waals surface area contributed by atoms with E-state index in [0.29, 0.717) is 13.0 Å². The summed E-state index contributed by atoms with van der Waals surface area (Å²) < 4.78 is 5.41. The van der Waals surface area contributed by atoms with E-state index in [2.05, 4.69) is 58.5 Å². The highest BCUT2D eigenvalue weighted by molar-refractivity contribution is 7.13. The fourth-order valence-corrected chi connectivity index (χ4v) is 4.25. The second-order valence-corrected chi connectivity index (χ2v) is 8.53. The van der Waals surface area contributed by atoms with Gasteiger partial charge in [0.05, 0.1) is 25.3 Å². The van der Waals surface area contributed by atoms with Gasteiger partial charge in [-0.3, -0.25) is 9.69 Å². The molecule has 1 aliphatic heterocycles. The maximum absolute atomic E-state index is 12.3. The molecule has 0 spiro atoms. The minimum absolute atomic E-state index is 0.00622. The lowest BCUT2D eigenvalue weighted by Crippen LogP contribution is -2.35. The Bertz CT molecular complexity index is 961. The van der Waals surface area contributed by atoms with Crippen molar-refractivity contribution in [3.63, 3.8) is 0 Å². The molecule has 0 aliphatic carbocycles. The Balaban J connectivity index is 1.29. The number of morpholine rings is 1. The van der Waals surface area contributed by atoms with Crippen LogP contribution in [0.5, 0.6) is 0 Å². The molecule has 5 nitrogen and oxygen atoms in total. The SMILES string of the molecule is Cc1ccc(CNC(=O)Cc2csc(-c3ccc(CN4CCOCC4)cc3)n2)cc1. The molecule has 3 aromatic rings. The average Bonchev–Trinajstić information content (AvgIpc) is 3.23. The van der Waals surface area contributed by atoms with Gasteiger partial charge >= 0.3 is 0 Å². The van der Waals surface area contributed by atoms with Crippen molar-refractivity contribution in [2.45, 2.75) is 26.4 Å². The summed E-state index contributed by atoms with van der Waals surface area (Å²) in [6.45, 7) is 7.17. The fourth-order valence-electron chi connectivity index (χ4n) is 3.42. The Hall–Kier alpha value is -2.54. The molecule has 6 heteroatoms. The van der Waals surface area contributed by atoms with Crippen molar-refractivity contribution < 1.29 is 9.53 Å². The Morgan fingerprint density at radius 2 is 1.77 bits per heavy atom. The normalized spacial score (nSPS) is 14.6. The summed E-state index contributed by atoms with van der Waals surface area (Å²) in [5, 5.41) is 5.90. The number of hydrogen-bond acceptors (Lipinski definition) is 5. The molecule has 2 aromatic carbocycles. The number of benzene rings is 2. The van der Waals surface area contributed by atoms with E-state index in [0.717, 1.165) is 54.7 Å². The van der Waals surface area contributed by atoms with Gasteiger partial charge in [-0.15, -0.1) is 11.3 Å². The van der Waals surface area contributed by atoms with Gasteiger partial charge in [0.1, 0.15) is 5.01 Å². The lowest BCUT2D eigenvalue weighted by molar-refractivity contribution is -0.120. The lowest BCUT2D eigenvalue weighted by Gasteiger charge is -2.26. The molecule has 30 heavy (non-hydrogen) atoms. The first-order chi connectivity index (χ1) is 14.7. The fraction of sp³-hybridized carbons (Fsp3) is 0.333. The number of thiazole rings is 1. The standard InChI is InChI=1S/C24H27N3O2S/c1-18-2-4-19(5-3-18)15-25-23(28)14-22-17-30-24(26-22)21-8-6-20(7-9-21)16-27-10-12-29-13-11-27/h2-9,17H,10-16H2,1H3,(H,25,28). The van der Waals surface area contributed by atoms with Gasteiger partial charge in [0.2, 0.25) is 5.91 Å². The molecular formula is C24H27N3O2S. The van der Waals surface area contributed by atoms with Crippen molar-refractivity contribution in [3.05, 3.63) is 76.3 Å². The minimum Gasteiger partial charge on any atom is -0.379 e. The third-order valence-electron chi connectivity index (χ3n) is 5.21. The number of rotatable bonds is 7. The van der Waals surface area contributed by atoms with Crippen LogP contribution in [-0.2, 0) is 29.0 Å². The van der Waals surface area contributed by atoms with Crippen LogP contribution in [0.2, 0.25) is 0 Å².